The number of quaternary nitrogens is 1. The lowest BCUT2D eigenvalue weighted by molar-refractivity contribution is -0.896. The van der Waals surface area contributed by atoms with Gasteiger partial charge < -0.3 is 19.9 Å². The van der Waals surface area contributed by atoms with Gasteiger partial charge in [-0.1, -0.05) is 36.4 Å². The summed E-state index contributed by atoms with van der Waals surface area (Å²) in [6.45, 7) is 3.77. The molecule has 2 aromatic rings. The highest BCUT2D eigenvalue weighted by atomic mass is 16.5. The number of para-hydroxylation sites is 1. The van der Waals surface area contributed by atoms with E-state index in [1.165, 1.54) is 4.90 Å². The van der Waals surface area contributed by atoms with Gasteiger partial charge in [0.25, 0.3) is 11.8 Å². The maximum absolute atomic E-state index is 12.5. The van der Waals surface area contributed by atoms with Crippen molar-refractivity contribution >= 4 is 11.8 Å². The quantitative estimate of drug-likeness (QED) is 0.774. The lowest BCUT2D eigenvalue weighted by Crippen LogP contribution is -3.15. The summed E-state index contributed by atoms with van der Waals surface area (Å²) in [6, 6.07) is 17.0. The van der Waals surface area contributed by atoms with Crippen molar-refractivity contribution in [1.82, 2.24) is 10.2 Å². The normalized spacial score (nSPS) is 14.6. The summed E-state index contributed by atoms with van der Waals surface area (Å²) < 4.78 is 5.30. The van der Waals surface area contributed by atoms with E-state index >= 15 is 0 Å². The Morgan fingerprint density at radius 1 is 1.04 bits per heavy atom. The average molecular weight is 368 g/mol. The fourth-order valence-corrected chi connectivity index (χ4v) is 3.30. The number of methoxy groups -OCH3 is 1. The van der Waals surface area contributed by atoms with E-state index in [0.717, 1.165) is 30.0 Å². The van der Waals surface area contributed by atoms with Crippen LogP contribution in [0.3, 0.4) is 0 Å². The molecular formula is C21H26N3O3+. The number of rotatable bonds is 6. The maximum Gasteiger partial charge on any atom is 0.275 e. The van der Waals surface area contributed by atoms with Gasteiger partial charge in [0, 0.05) is 17.7 Å². The molecule has 1 fully saturated rings. The number of nitrogens with one attached hydrogen (secondary N) is 2. The first kappa shape index (κ1) is 18.9. The van der Waals surface area contributed by atoms with Crippen molar-refractivity contribution in [3.8, 4) is 5.75 Å². The minimum Gasteiger partial charge on any atom is -0.496 e. The van der Waals surface area contributed by atoms with Gasteiger partial charge in [0.2, 0.25) is 0 Å². The highest BCUT2D eigenvalue weighted by molar-refractivity contribution is 5.94. The zero-order valence-electron chi connectivity index (χ0n) is 15.6. The van der Waals surface area contributed by atoms with Crippen molar-refractivity contribution in [2.45, 2.75) is 6.54 Å². The van der Waals surface area contributed by atoms with Gasteiger partial charge in [0.1, 0.15) is 5.75 Å². The number of carbonyl (C=O) groups is 2. The van der Waals surface area contributed by atoms with Gasteiger partial charge >= 0.3 is 0 Å². The van der Waals surface area contributed by atoms with Crippen LogP contribution in [0.4, 0.5) is 0 Å². The van der Waals surface area contributed by atoms with Gasteiger partial charge in [-0.2, -0.15) is 0 Å². The van der Waals surface area contributed by atoms with Gasteiger partial charge in [0.15, 0.2) is 6.54 Å². The Kier molecular flexibility index (Phi) is 6.44. The summed E-state index contributed by atoms with van der Waals surface area (Å²) in [7, 11) is 1.63. The molecule has 6 heteroatoms. The van der Waals surface area contributed by atoms with E-state index in [1.807, 2.05) is 59.5 Å². The fourth-order valence-electron chi connectivity index (χ4n) is 3.30. The zero-order valence-corrected chi connectivity index (χ0v) is 15.6. The summed E-state index contributed by atoms with van der Waals surface area (Å²) in [5.41, 5.74) is 1.68. The van der Waals surface area contributed by atoms with Crippen molar-refractivity contribution in [3.05, 3.63) is 65.7 Å². The maximum atomic E-state index is 12.5. The summed E-state index contributed by atoms with van der Waals surface area (Å²) in [5.74, 6) is 0.854. The largest absolute Gasteiger partial charge is 0.496 e. The average Bonchev–Trinajstić information content (AvgIpc) is 2.73. The van der Waals surface area contributed by atoms with Gasteiger partial charge in [-0.15, -0.1) is 0 Å². The monoisotopic (exact) mass is 368 g/mol. The number of piperazine rings is 1. The van der Waals surface area contributed by atoms with E-state index in [9.17, 15) is 9.59 Å². The van der Waals surface area contributed by atoms with Crippen LogP contribution in [0.1, 0.15) is 15.9 Å². The molecule has 1 aliphatic heterocycles. The van der Waals surface area contributed by atoms with Crippen LogP contribution >= 0.6 is 0 Å². The van der Waals surface area contributed by atoms with Crippen molar-refractivity contribution in [2.75, 3.05) is 39.8 Å². The number of carbonyl (C=O) groups excluding carboxylic acids is 2. The molecule has 0 unspecified atom stereocenters. The van der Waals surface area contributed by atoms with Crippen LogP contribution in [0.5, 0.6) is 5.75 Å². The molecule has 0 aromatic heterocycles. The molecule has 0 atom stereocenters. The van der Waals surface area contributed by atoms with Crippen LogP contribution in [0.2, 0.25) is 0 Å². The third-order valence-corrected chi connectivity index (χ3v) is 4.86. The number of amides is 2. The van der Waals surface area contributed by atoms with Gasteiger partial charge in [-0.05, 0) is 18.2 Å². The minimum atomic E-state index is 0.0127. The van der Waals surface area contributed by atoms with E-state index in [4.69, 9.17) is 4.74 Å². The predicted molar refractivity (Wildman–Crippen MR) is 103 cm³/mol. The molecular weight excluding hydrogens is 342 g/mol. The summed E-state index contributed by atoms with van der Waals surface area (Å²) in [5, 5.41) is 2.96. The Labute approximate surface area is 159 Å². The Morgan fingerprint density at radius 3 is 2.41 bits per heavy atom. The summed E-state index contributed by atoms with van der Waals surface area (Å²) in [4.78, 5) is 27.8. The molecule has 142 valence electrons. The minimum absolute atomic E-state index is 0.0127. The van der Waals surface area contributed by atoms with Crippen LogP contribution < -0.4 is 15.0 Å². The summed E-state index contributed by atoms with van der Waals surface area (Å²) in [6.07, 6.45) is 0. The van der Waals surface area contributed by atoms with E-state index in [2.05, 4.69) is 5.32 Å². The van der Waals surface area contributed by atoms with E-state index in [0.29, 0.717) is 26.2 Å². The van der Waals surface area contributed by atoms with E-state index in [1.54, 1.807) is 7.11 Å². The molecule has 0 aliphatic carbocycles. The third kappa shape index (κ3) is 5.08. The number of hydrogen-bond acceptors (Lipinski definition) is 3. The van der Waals surface area contributed by atoms with Crippen molar-refractivity contribution in [3.63, 3.8) is 0 Å². The molecule has 2 amide bonds. The molecule has 27 heavy (non-hydrogen) atoms. The standard InChI is InChI=1S/C21H25N3O3/c1-27-19-10-6-5-9-18(19)15-22-20(25)16-23-11-13-24(14-12-23)21(26)17-7-3-2-4-8-17/h2-10H,11-16H2,1H3,(H,22,25)/p+1. The first-order valence-corrected chi connectivity index (χ1v) is 9.24. The van der Waals surface area contributed by atoms with Crippen molar-refractivity contribution in [1.29, 1.82) is 0 Å². The van der Waals surface area contributed by atoms with E-state index in [-0.39, 0.29) is 11.8 Å². The first-order chi connectivity index (χ1) is 13.2. The lowest BCUT2D eigenvalue weighted by atomic mass is 10.2. The highest BCUT2D eigenvalue weighted by Crippen LogP contribution is 2.16. The Balaban J connectivity index is 1.43. The molecule has 2 aromatic carbocycles. The van der Waals surface area contributed by atoms with Crippen molar-refractivity contribution < 1.29 is 19.2 Å². The SMILES string of the molecule is COc1ccccc1CNC(=O)C[NH+]1CCN(C(=O)c2ccccc2)CC1. The Morgan fingerprint density at radius 2 is 1.70 bits per heavy atom. The van der Waals surface area contributed by atoms with Crippen LogP contribution in [0.15, 0.2) is 54.6 Å². The van der Waals surface area contributed by atoms with Crippen LogP contribution in [0, 0.1) is 0 Å². The molecule has 1 saturated heterocycles. The molecule has 0 radical (unpaired) electrons. The van der Waals surface area contributed by atoms with Gasteiger partial charge in [-0.3, -0.25) is 9.59 Å². The Bertz CT molecular complexity index is 771. The smallest absolute Gasteiger partial charge is 0.275 e. The molecule has 0 saturated carbocycles. The number of hydrogen-bond donors (Lipinski definition) is 2. The second kappa shape index (κ2) is 9.19. The zero-order chi connectivity index (χ0) is 19.1. The summed E-state index contributed by atoms with van der Waals surface area (Å²) >= 11 is 0. The molecule has 0 bridgehead atoms. The van der Waals surface area contributed by atoms with Crippen LogP contribution in [-0.2, 0) is 11.3 Å². The number of benzene rings is 2. The van der Waals surface area contributed by atoms with Crippen LogP contribution in [-0.4, -0.2) is 56.5 Å². The lowest BCUT2D eigenvalue weighted by Gasteiger charge is -2.32. The topological polar surface area (TPSA) is 63.1 Å². The second-order valence-corrected chi connectivity index (χ2v) is 6.67. The molecule has 2 N–H and O–H groups in total. The molecule has 3 rings (SSSR count). The Hall–Kier alpha value is -2.86. The van der Waals surface area contributed by atoms with E-state index < -0.39 is 0 Å². The number of nitrogens with zero attached hydrogens (tertiary/aromatic N) is 1. The second-order valence-electron chi connectivity index (χ2n) is 6.67. The predicted octanol–water partition coefficient (Wildman–Crippen LogP) is 0.352. The molecule has 6 nitrogen and oxygen atoms in total. The molecule has 0 spiro atoms. The van der Waals surface area contributed by atoms with Gasteiger partial charge in [-0.25, -0.2) is 0 Å². The van der Waals surface area contributed by atoms with Crippen molar-refractivity contribution in [2.24, 2.45) is 0 Å². The third-order valence-electron chi connectivity index (χ3n) is 4.86. The first-order valence-electron chi connectivity index (χ1n) is 9.24. The highest BCUT2D eigenvalue weighted by Gasteiger charge is 2.25. The molecule has 1 aliphatic rings. The fraction of sp³-hybridized carbons (Fsp3) is 0.333. The number of ether oxygens (including phenoxy) is 1. The van der Waals surface area contributed by atoms with Gasteiger partial charge in [0.05, 0.1) is 33.3 Å². The molecule has 1 heterocycles. The van der Waals surface area contributed by atoms with Crippen LogP contribution in [0.25, 0.3) is 0 Å².